The summed E-state index contributed by atoms with van der Waals surface area (Å²) in [6.07, 6.45) is 0. The van der Waals surface area contributed by atoms with Crippen molar-refractivity contribution in [1.29, 1.82) is 0 Å². The lowest BCUT2D eigenvalue weighted by Gasteiger charge is -2.10. The number of amides is 1. The van der Waals surface area contributed by atoms with E-state index in [4.69, 9.17) is 4.74 Å². The van der Waals surface area contributed by atoms with Gasteiger partial charge in [-0.3, -0.25) is 9.52 Å². The maximum Gasteiger partial charge on any atom is 0.261 e. The van der Waals surface area contributed by atoms with Crippen LogP contribution in [0.25, 0.3) is 0 Å². The summed E-state index contributed by atoms with van der Waals surface area (Å²) < 4.78 is 33.4. The monoisotopic (exact) mass is 460 g/mol. The molecule has 0 heterocycles. The first-order valence-corrected chi connectivity index (χ1v) is 10.5. The molecule has 3 aromatic rings. The van der Waals surface area contributed by atoms with E-state index >= 15 is 0 Å². The number of benzene rings is 3. The van der Waals surface area contributed by atoms with E-state index in [0.29, 0.717) is 22.7 Å². The van der Waals surface area contributed by atoms with Crippen molar-refractivity contribution < 1.29 is 17.9 Å². The summed E-state index contributed by atoms with van der Waals surface area (Å²) in [4.78, 5) is 12.6. The van der Waals surface area contributed by atoms with E-state index in [1.807, 2.05) is 0 Å². The van der Waals surface area contributed by atoms with Crippen LogP contribution in [0.1, 0.15) is 10.4 Å². The van der Waals surface area contributed by atoms with Gasteiger partial charge in [0.1, 0.15) is 5.75 Å². The number of rotatable bonds is 6. The van der Waals surface area contributed by atoms with Gasteiger partial charge in [-0.2, -0.15) is 0 Å². The second kappa shape index (κ2) is 8.45. The number of anilines is 2. The molecule has 28 heavy (non-hydrogen) atoms. The standard InChI is InChI=1S/C20H17BrN2O4S/c1-27-18-9-7-16(8-10-18)22-20(24)14-3-2-4-17(13-14)23-28(25,26)19-11-5-15(21)6-12-19/h2-13,23H,1H3,(H,22,24). The third-order valence-electron chi connectivity index (χ3n) is 3.85. The number of carbonyl (C=O) groups excluding carboxylic acids is 1. The van der Waals surface area contributed by atoms with E-state index in [1.54, 1.807) is 61.7 Å². The molecule has 0 unspecified atom stereocenters. The van der Waals surface area contributed by atoms with Crippen molar-refractivity contribution >= 4 is 43.2 Å². The molecular formula is C20H17BrN2O4S. The van der Waals surface area contributed by atoms with Crippen molar-refractivity contribution in [2.45, 2.75) is 4.90 Å². The molecular weight excluding hydrogens is 444 g/mol. The van der Waals surface area contributed by atoms with Crippen molar-refractivity contribution in [3.05, 3.63) is 82.8 Å². The molecule has 2 N–H and O–H groups in total. The second-order valence-electron chi connectivity index (χ2n) is 5.82. The Morgan fingerprint density at radius 2 is 1.61 bits per heavy atom. The number of ether oxygens (including phenoxy) is 1. The van der Waals surface area contributed by atoms with Crippen LogP contribution in [0.15, 0.2) is 82.2 Å². The first-order chi connectivity index (χ1) is 13.4. The Morgan fingerprint density at radius 1 is 0.929 bits per heavy atom. The topological polar surface area (TPSA) is 84.5 Å². The number of methoxy groups -OCH3 is 1. The van der Waals surface area contributed by atoms with Crippen LogP contribution in [0.4, 0.5) is 11.4 Å². The van der Waals surface area contributed by atoms with Gasteiger partial charge in [0, 0.05) is 21.4 Å². The first-order valence-electron chi connectivity index (χ1n) is 8.21. The maximum absolute atomic E-state index is 12.5. The lowest BCUT2D eigenvalue weighted by atomic mass is 10.2. The Kier molecular flexibility index (Phi) is 6.01. The fourth-order valence-electron chi connectivity index (χ4n) is 2.43. The van der Waals surface area contributed by atoms with Gasteiger partial charge in [0.2, 0.25) is 0 Å². The number of hydrogen-bond donors (Lipinski definition) is 2. The summed E-state index contributed by atoms with van der Waals surface area (Å²) in [5, 5.41) is 2.76. The molecule has 3 rings (SSSR count). The minimum absolute atomic E-state index is 0.129. The molecule has 0 aliphatic heterocycles. The third-order valence-corrected chi connectivity index (χ3v) is 5.77. The number of sulfonamides is 1. The fourth-order valence-corrected chi connectivity index (χ4v) is 3.74. The van der Waals surface area contributed by atoms with Crippen molar-refractivity contribution in [2.24, 2.45) is 0 Å². The Balaban J connectivity index is 1.75. The van der Waals surface area contributed by atoms with E-state index in [2.05, 4.69) is 26.0 Å². The van der Waals surface area contributed by atoms with Crippen molar-refractivity contribution in [2.75, 3.05) is 17.1 Å². The highest BCUT2D eigenvalue weighted by atomic mass is 79.9. The predicted octanol–water partition coefficient (Wildman–Crippen LogP) is 4.51. The summed E-state index contributed by atoms with van der Waals surface area (Å²) in [6, 6.07) is 19.5. The van der Waals surface area contributed by atoms with Crippen LogP contribution in [-0.2, 0) is 10.0 Å². The molecule has 0 saturated heterocycles. The van der Waals surface area contributed by atoms with Crippen molar-refractivity contribution in [3.8, 4) is 5.75 Å². The van der Waals surface area contributed by atoms with Gasteiger partial charge in [0.05, 0.1) is 12.0 Å². The molecule has 8 heteroatoms. The Hall–Kier alpha value is -2.84. The molecule has 6 nitrogen and oxygen atoms in total. The average Bonchev–Trinajstić information content (AvgIpc) is 2.69. The van der Waals surface area contributed by atoms with Gasteiger partial charge in [-0.1, -0.05) is 22.0 Å². The summed E-state index contributed by atoms with van der Waals surface area (Å²) in [6.45, 7) is 0. The molecule has 0 spiro atoms. The van der Waals surface area contributed by atoms with E-state index < -0.39 is 10.0 Å². The van der Waals surface area contributed by atoms with E-state index in [9.17, 15) is 13.2 Å². The van der Waals surface area contributed by atoms with Gasteiger partial charge in [0.15, 0.2) is 0 Å². The second-order valence-corrected chi connectivity index (χ2v) is 8.42. The van der Waals surface area contributed by atoms with Gasteiger partial charge in [-0.05, 0) is 66.7 Å². The van der Waals surface area contributed by atoms with Crippen LogP contribution < -0.4 is 14.8 Å². The lowest BCUT2D eigenvalue weighted by Crippen LogP contribution is -2.15. The van der Waals surface area contributed by atoms with Crippen LogP contribution >= 0.6 is 15.9 Å². The van der Waals surface area contributed by atoms with Crippen LogP contribution in [0.3, 0.4) is 0 Å². The zero-order valence-electron chi connectivity index (χ0n) is 14.8. The highest BCUT2D eigenvalue weighted by Crippen LogP contribution is 2.20. The lowest BCUT2D eigenvalue weighted by molar-refractivity contribution is 0.102. The number of nitrogens with one attached hydrogen (secondary N) is 2. The molecule has 0 aromatic heterocycles. The number of hydrogen-bond acceptors (Lipinski definition) is 4. The molecule has 0 bridgehead atoms. The van der Waals surface area contributed by atoms with Crippen LogP contribution in [-0.4, -0.2) is 21.4 Å². The molecule has 0 aliphatic carbocycles. The zero-order valence-corrected chi connectivity index (χ0v) is 17.2. The minimum Gasteiger partial charge on any atom is -0.497 e. The Labute approximate surface area is 171 Å². The SMILES string of the molecule is COc1ccc(NC(=O)c2cccc(NS(=O)(=O)c3ccc(Br)cc3)c2)cc1. The zero-order chi connectivity index (χ0) is 20.1. The van der Waals surface area contributed by atoms with Crippen LogP contribution in [0, 0.1) is 0 Å². The minimum atomic E-state index is -3.76. The van der Waals surface area contributed by atoms with E-state index in [1.165, 1.54) is 18.2 Å². The van der Waals surface area contributed by atoms with E-state index in [0.717, 1.165) is 4.47 Å². The molecule has 144 valence electrons. The molecule has 0 aliphatic rings. The summed E-state index contributed by atoms with van der Waals surface area (Å²) in [5.74, 6) is 0.331. The van der Waals surface area contributed by atoms with E-state index in [-0.39, 0.29) is 10.8 Å². The Morgan fingerprint density at radius 3 is 2.25 bits per heavy atom. The molecule has 0 fully saturated rings. The predicted molar refractivity (Wildman–Crippen MR) is 112 cm³/mol. The summed E-state index contributed by atoms with van der Waals surface area (Å²) in [7, 11) is -2.19. The van der Waals surface area contributed by atoms with Crippen molar-refractivity contribution in [1.82, 2.24) is 0 Å². The van der Waals surface area contributed by atoms with Gasteiger partial charge in [0.25, 0.3) is 15.9 Å². The smallest absolute Gasteiger partial charge is 0.261 e. The average molecular weight is 461 g/mol. The van der Waals surface area contributed by atoms with Gasteiger partial charge in [-0.15, -0.1) is 0 Å². The molecule has 0 radical (unpaired) electrons. The largest absolute Gasteiger partial charge is 0.497 e. The Bertz CT molecular complexity index is 1080. The first kappa shape index (κ1) is 19.9. The number of halogens is 1. The van der Waals surface area contributed by atoms with Gasteiger partial charge >= 0.3 is 0 Å². The summed E-state index contributed by atoms with van der Waals surface area (Å²) >= 11 is 3.27. The van der Waals surface area contributed by atoms with Gasteiger partial charge < -0.3 is 10.1 Å². The van der Waals surface area contributed by atoms with Crippen LogP contribution in [0.2, 0.25) is 0 Å². The highest BCUT2D eigenvalue weighted by molar-refractivity contribution is 9.10. The molecule has 1 amide bonds. The maximum atomic E-state index is 12.5. The van der Waals surface area contributed by atoms with Crippen LogP contribution in [0.5, 0.6) is 5.75 Å². The summed E-state index contributed by atoms with van der Waals surface area (Å²) in [5.41, 5.74) is 1.23. The highest BCUT2D eigenvalue weighted by Gasteiger charge is 2.15. The quantitative estimate of drug-likeness (QED) is 0.566. The fraction of sp³-hybridized carbons (Fsp3) is 0.0500. The molecule has 3 aromatic carbocycles. The van der Waals surface area contributed by atoms with Gasteiger partial charge in [-0.25, -0.2) is 8.42 Å². The molecule has 0 atom stereocenters. The normalized spacial score (nSPS) is 10.9. The van der Waals surface area contributed by atoms with Crippen molar-refractivity contribution in [3.63, 3.8) is 0 Å². The molecule has 0 saturated carbocycles. The third kappa shape index (κ3) is 4.90. The number of carbonyl (C=O) groups is 1.